The predicted octanol–water partition coefficient (Wildman–Crippen LogP) is 5.01. The Hall–Kier alpha value is -3.15. The van der Waals surface area contributed by atoms with Crippen molar-refractivity contribution < 1.29 is 4.39 Å². The summed E-state index contributed by atoms with van der Waals surface area (Å²) in [6, 6.07) is 16.4. The summed E-state index contributed by atoms with van der Waals surface area (Å²) < 4.78 is 13.1. The number of rotatable bonds is 5. The van der Waals surface area contributed by atoms with E-state index < -0.39 is 0 Å². The number of aromatic nitrogens is 2. The van der Waals surface area contributed by atoms with Crippen molar-refractivity contribution in [2.24, 2.45) is 0 Å². The topological polar surface area (TPSA) is 53.1 Å². The van der Waals surface area contributed by atoms with E-state index >= 15 is 0 Å². The van der Waals surface area contributed by atoms with E-state index in [-0.39, 0.29) is 5.82 Å². The Morgan fingerprint density at radius 3 is 2.19 bits per heavy atom. The van der Waals surface area contributed by atoms with Gasteiger partial charge in [0, 0.05) is 41.9 Å². The van der Waals surface area contributed by atoms with E-state index in [2.05, 4.69) is 49.8 Å². The first-order chi connectivity index (χ1) is 13.2. The Balaban J connectivity index is 1.48. The molecule has 0 radical (unpaired) electrons. The third-order valence-corrected chi connectivity index (χ3v) is 4.57. The molecule has 4 rings (SSSR count). The minimum absolute atomic E-state index is 0.273. The fourth-order valence-corrected chi connectivity index (χ4v) is 3.23. The van der Waals surface area contributed by atoms with Gasteiger partial charge in [-0.2, -0.15) is 4.98 Å². The van der Waals surface area contributed by atoms with Gasteiger partial charge in [0.1, 0.15) is 11.6 Å². The minimum atomic E-state index is -0.273. The summed E-state index contributed by atoms with van der Waals surface area (Å²) in [6.07, 6.45) is 2.54. The maximum absolute atomic E-state index is 13.1. The lowest BCUT2D eigenvalue weighted by molar-refractivity contribution is 0.628. The van der Waals surface area contributed by atoms with Gasteiger partial charge in [0.2, 0.25) is 5.95 Å². The number of hydrogen-bond donors (Lipinski definition) is 2. The van der Waals surface area contributed by atoms with Crippen LogP contribution >= 0.6 is 0 Å². The van der Waals surface area contributed by atoms with Crippen molar-refractivity contribution in [1.82, 2.24) is 9.97 Å². The highest BCUT2D eigenvalue weighted by Crippen LogP contribution is 2.24. The van der Waals surface area contributed by atoms with Crippen molar-refractivity contribution in [2.45, 2.75) is 19.8 Å². The molecule has 27 heavy (non-hydrogen) atoms. The lowest BCUT2D eigenvalue weighted by Crippen LogP contribution is -2.17. The fourth-order valence-electron chi connectivity index (χ4n) is 3.23. The second-order valence-electron chi connectivity index (χ2n) is 6.72. The highest BCUT2D eigenvalue weighted by Gasteiger charge is 2.12. The first-order valence-electron chi connectivity index (χ1n) is 9.16. The van der Waals surface area contributed by atoms with Gasteiger partial charge >= 0.3 is 0 Å². The van der Waals surface area contributed by atoms with Gasteiger partial charge in [0.25, 0.3) is 0 Å². The monoisotopic (exact) mass is 363 g/mol. The Kier molecular flexibility index (Phi) is 4.87. The van der Waals surface area contributed by atoms with E-state index in [1.807, 2.05) is 13.0 Å². The van der Waals surface area contributed by atoms with Crippen LogP contribution in [0.1, 0.15) is 18.5 Å². The molecular formula is C21H22FN5. The largest absolute Gasteiger partial charge is 0.372 e. The van der Waals surface area contributed by atoms with Crippen molar-refractivity contribution in [3.63, 3.8) is 0 Å². The number of nitrogens with zero attached hydrogens (tertiary/aromatic N) is 3. The molecule has 0 amide bonds. The Morgan fingerprint density at radius 1 is 0.852 bits per heavy atom. The van der Waals surface area contributed by atoms with E-state index in [9.17, 15) is 4.39 Å². The maximum atomic E-state index is 13.1. The molecule has 0 spiro atoms. The Labute approximate surface area is 158 Å². The highest BCUT2D eigenvalue weighted by atomic mass is 19.1. The molecule has 6 heteroatoms. The highest BCUT2D eigenvalue weighted by molar-refractivity contribution is 5.63. The molecule has 0 aliphatic carbocycles. The second-order valence-corrected chi connectivity index (χ2v) is 6.72. The summed E-state index contributed by atoms with van der Waals surface area (Å²) in [4.78, 5) is 11.3. The average molecular weight is 363 g/mol. The summed E-state index contributed by atoms with van der Waals surface area (Å²) in [5.74, 6) is 0.907. The van der Waals surface area contributed by atoms with Crippen LogP contribution in [0.25, 0.3) is 0 Å². The number of hydrogen-bond acceptors (Lipinski definition) is 5. The lowest BCUT2D eigenvalue weighted by atomic mass is 10.2. The molecular weight excluding hydrogens is 341 g/mol. The van der Waals surface area contributed by atoms with E-state index in [0.29, 0.717) is 11.8 Å². The summed E-state index contributed by atoms with van der Waals surface area (Å²) in [7, 11) is 0. The quantitative estimate of drug-likeness (QED) is 0.667. The molecule has 1 aliphatic heterocycles. The smallest absolute Gasteiger partial charge is 0.229 e. The van der Waals surface area contributed by atoms with Crippen molar-refractivity contribution in [1.29, 1.82) is 0 Å². The normalized spacial score (nSPS) is 13.6. The van der Waals surface area contributed by atoms with Crippen LogP contribution in [0.15, 0.2) is 54.6 Å². The van der Waals surface area contributed by atoms with Crippen LogP contribution in [-0.4, -0.2) is 23.1 Å². The molecule has 0 unspecified atom stereocenters. The Morgan fingerprint density at radius 2 is 1.48 bits per heavy atom. The Bertz CT molecular complexity index is 903. The SMILES string of the molecule is Cc1cc(Nc2ccc(N3CCCC3)cc2)nc(Nc2ccc(F)cc2)n1. The molecule has 0 bridgehead atoms. The standard InChI is InChI=1S/C21H22FN5/c1-15-14-20(26-21(23-15)25-18-6-4-16(22)5-7-18)24-17-8-10-19(11-9-17)27-12-2-3-13-27/h4-11,14H,2-3,12-13H2,1H3,(H2,23,24,25,26). The van der Waals surface area contributed by atoms with Gasteiger partial charge in [-0.05, 0) is 68.3 Å². The van der Waals surface area contributed by atoms with E-state index in [0.717, 1.165) is 30.2 Å². The van der Waals surface area contributed by atoms with Crippen LogP contribution in [0.4, 0.5) is 33.2 Å². The molecule has 2 heterocycles. The number of aryl methyl sites for hydroxylation is 1. The summed E-state index contributed by atoms with van der Waals surface area (Å²) in [6.45, 7) is 4.19. The molecule has 138 valence electrons. The summed E-state index contributed by atoms with van der Waals surface area (Å²) >= 11 is 0. The van der Waals surface area contributed by atoms with Crippen LogP contribution in [0.2, 0.25) is 0 Å². The van der Waals surface area contributed by atoms with Crippen LogP contribution in [0, 0.1) is 12.7 Å². The van der Waals surface area contributed by atoms with Gasteiger partial charge in [-0.3, -0.25) is 0 Å². The molecule has 1 fully saturated rings. The van der Waals surface area contributed by atoms with Crippen molar-refractivity contribution in [3.8, 4) is 0 Å². The third-order valence-electron chi connectivity index (χ3n) is 4.57. The van der Waals surface area contributed by atoms with Crippen molar-refractivity contribution in [3.05, 3.63) is 66.1 Å². The molecule has 1 aliphatic rings. The second kappa shape index (κ2) is 7.61. The number of benzene rings is 2. The average Bonchev–Trinajstić information content (AvgIpc) is 3.19. The van der Waals surface area contributed by atoms with E-state index in [1.165, 1.54) is 30.7 Å². The fraction of sp³-hybridized carbons (Fsp3) is 0.238. The minimum Gasteiger partial charge on any atom is -0.372 e. The molecule has 1 saturated heterocycles. The molecule has 5 nitrogen and oxygen atoms in total. The zero-order valence-corrected chi connectivity index (χ0v) is 15.2. The number of nitrogens with one attached hydrogen (secondary N) is 2. The van der Waals surface area contributed by atoms with Crippen LogP contribution in [0.5, 0.6) is 0 Å². The van der Waals surface area contributed by atoms with Crippen LogP contribution < -0.4 is 15.5 Å². The van der Waals surface area contributed by atoms with Gasteiger partial charge < -0.3 is 15.5 Å². The third kappa shape index (κ3) is 4.34. The van der Waals surface area contributed by atoms with Gasteiger partial charge in [0.05, 0.1) is 0 Å². The molecule has 1 aromatic heterocycles. The molecule has 0 saturated carbocycles. The zero-order valence-electron chi connectivity index (χ0n) is 15.2. The van der Waals surface area contributed by atoms with E-state index in [1.54, 1.807) is 12.1 Å². The predicted molar refractivity (Wildman–Crippen MR) is 108 cm³/mol. The lowest BCUT2D eigenvalue weighted by Gasteiger charge is -2.18. The van der Waals surface area contributed by atoms with Crippen molar-refractivity contribution in [2.75, 3.05) is 28.6 Å². The zero-order chi connectivity index (χ0) is 18.6. The molecule has 2 aromatic carbocycles. The number of halogens is 1. The number of anilines is 5. The van der Waals surface area contributed by atoms with Crippen LogP contribution in [-0.2, 0) is 0 Å². The molecule has 0 atom stereocenters. The van der Waals surface area contributed by atoms with Crippen molar-refractivity contribution >= 4 is 28.8 Å². The van der Waals surface area contributed by atoms with Gasteiger partial charge in [-0.25, -0.2) is 9.37 Å². The van der Waals surface area contributed by atoms with Gasteiger partial charge in [-0.15, -0.1) is 0 Å². The maximum Gasteiger partial charge on any atom is 0.229 e. The van der Waals surface area contributed by atoms with Crippen LogP contribution in [0.3, 0.4) is 0 Å². The molecule has 3 aromatic rings. The first kappa shape index (κ1) is 17.3. The first-order valence-corrected chi connectivity index (χ1v) is 9.16. The summed E-state index contributed by atoms with van der Waals surface area (Å²) in [5, 5.41) is 6.44. The molecule has 2 N–H and O–H groups in total. The summed E-state index contributed by atoms with van der Waals surface area (Å²) in [5.41, 5.74) is 3.81. The van der Waals surface area contributed by atoms with Gasteiger partial charge in [-0.1, -0.05) is 0 Å². The van der Waals surface area contributed by atoms with E-state index in [4.69, 9.17) is 0 Å². The van der Waals surface area contributed by atoms with Gasteiger partial charge in [0.15, 0.2) is 0 Å².